The molecule has 2 rings (SSSR count). The Kier molecular flexibility index (Phi) is 2.68. The summed E-state index contributed by atoms with van der Waals surface area (Å²) in [6.45, 7) is 1.11. The summed E-state index contributed by atoms with van der Waals surface area (Å²) in [6.07, 6.45) is 7.29. The zero-order valence-electron chi connectivity index (χ0n) is 8.46. The summed E-state index contributed by atoms with van der Waals surface area (Å²) >= 11 is 0. The highest BCUT2D eigenvalue weighted by atomic mass is 16.1. The number of carbonyl (C=O) groups excluding carboxylic acids is 1. The van der Waals surface area contributed by atoms with E-state index in [1.54, 1.807) is 0 Å². The predicted molar refractivity (Wildman–Crippen MR) is 52.6 cm³/mol. The van der Waals surface area contributed by atoms with E-state index in [1.807, 2.05) is 0 Å². The summed E-state index contributed by atoms with van der Waals surface area (Å²) in [7, 11) is 2.06. The van der Waals surface area contributed by atoms with Crippen molar-refractivity contribution in [1.82, 2.24) is 4.90 Å². The summed E-state index contributed by atoms with van der Waals surface area (Å²) in [5.41, 5.74) is 0. The van der Waals surface area contributed by atoms with Crippen LogP contribution in [0, 0.1) is 5.92 Å². The number of carbonyl (C=O) groups is 1. The molecule has 0 radical (unpaired) electrons. The van der Waals surface area contributed by atoms with E-state index in [0.29, 0.717) is 11.7 Å². The molecule has 2 nitrogen and oxygen atoms in total. The van der Waals surface area contributed by atoms with Gasteiger partial charge in [-0.3, -0.25) is 9.69 Å². The SMILES string of the molecule is CN1CCC1C(=O)C1CCCCC1. The Labute approximate surface area is 80.3 Å². The van der Waals surface area contributed by atoms with Crippen molar-refractivity contribution in [1.29, 1.82) is 0 Å². The zero-order valence-corrected chi connectivity index (χ0v) is 8.46. The maximum Gasteiger partial charge on any atom is 0.153 e. The molecule has 1 saturated heterocycles. The molecule has 1 heterocycles. The van der Waals surface area contributed by atoms with Crippen molar-refractivity contribution in [3.63, 3.8) is 0 Å². The summed E-state index contributed by atoms with van der Waals surface area (Å²) in [6, 6.07) is 0.281. The van der Waals surface area contributed by atoms with Gasteiger partial charge in [0.05, 0.1) is 6.04 Å². The van der Waals surface area contributed by atoms with Gasteiger partial charge in [0.1, 0.15) is 0 Å². The maximum absolute atomic E-state index is 11.9. The monoisotopic (exact) mass is 181 g/mol. The van der Waals surface area contributed by atoms with E-state index in [2.05, 4.69) is 11.9 Å². The average molecular weight is 181 g/mol. The zero-order chi connectivity index (χ0) is 9.26. The van der Waals surface area contributed by atoms with Gasteiger partial charge in [-0.1, -0.05) is 19.3 Å². The topological polar surface area (TPSA) is 20.3 Å². The van der Waals surface area contributed by atoms with Crippen molar-refractivity contribution >= 4 is 5.78 Å². The van der Waals surface area contributed by atoms with E-state index in [-0.39, 0.29) is 6.04 Å². The molecule has 0 aromatic rings. The third-order valence-electron chi connectivity index (χ3n) is 3.62. The molecular formula is C11H19NO. The van der Waals surface area contributed by atoms with Crippen molar-refractivity contribution < 1.29 is 4.79 Å². The second-order valence-corrected chi connectivity index (χ2v) is 4.52. The van der Waals surface area contributed by atoms with E-state index in [0.717, 1.165) is 25.8 Å². The first-order valence-electron chi connectivity index (χ1n) is 5.53. The molecule has 1 unspecified atom stereocenters. The first-order chi connectivity index (χ1) is 6.29. The van der Waals surface area contributed by atoms with Crippen LogP contribution in [0.3, 0.4) is 0 Å². The lowest BCUT2D eigenvalue weighted by Gasteiger charge is -2.39. The largest absolute Gasteiger partial charge is 0.298 e. The summed E-state index contributed by atoms with van der Waals surface area (Å²) in [5.74, 6) is 0.940. The molecule has 0 aromatic heterocycles. The van der Waals surface area contributed by atoms with Crippen LogP contribution in [0.4, 0.5) is 0 Å². The van der Waals surface area contributed by atoms with Gasteiger partial charge >= 0.3 is 0 Å². The van der Waals surface area contributed by atoms with Crippen molar-refractivity contribution in [3.8, 4) is 0 Å². The van der Waals surface area contributed by atoms with Crippen molar-refractivity contribution in [3.05, 3.63) is 0 Å². The number of ketones is 1. The highest BCUT2D eigenvalue weighted by Crippen LogP contribution is 2.29. The van der Waals surface area contributed by atoms with Crippen LogP contribution in [0.25, 0.3) is 0 Å². The van der Waals surface area contributed by atoms with Gasteiger partial charge < -0.3 is 0 Å². The van der Waals surface area contributed by atoms with Gasteiger partial charge in [0.25, 0.3) is 0 Å². The van der Waals surface area contributed by atoms with Crippen LogP contribution in [0.15, 0.2) is 0 Å². The molecule has 1 aliphatic heterocycles. The van der Waals surface area contributed by atoms with Crippen LogP contribution in [0.5, 0.6) is 0 Å². The third-order valence-corrected chi connectivity index (χ3v) is 3.62. The number of nitrogens with zero attached hydrogens (tertiary/aromatic N) is 1. The van der Waals surface area contributed by atoms with Crippen LogP contribution >= 0.6 is 0 Å². The Morgan fingerprint density at radius 1 is 1.15 bits per heavy atom. The Balaban J connectivity index is 1.88. The molecule has 0 amide bonds. The van der Waals surface area contributed by atoms with Gasteiger partial charge in [-0.2, -0.15) is 0 Å². The Bertz CT molecular complexity index is 196. The molecular weight excluding hydrogens is 162 g/mol. The van der Waals surface area contributed by atoms with Gasteiger partial charge in [-0.15, -0.1) is 0 Å². The fraction of sp³-hybridized carbons (Fsp3) is 0.909. The van der Waals surface area contributed by atoms with E-state index < -0.39 is 0 Å². The summed E-state index contributed by atoms with van der Waals surface area (Å²) in [4.78, 5) is 14.1. The Hall–Kier alpha value is -0.370. The van der Waals surface area contributed by atoms with Crippen molar-refractivity contribution in [2.24, 2.45) is 5.92 Å². The first kappa shape index (κ1) is 9.20. The maximum atomic E-state index is 11.9. The fourth-order valence-corrected chi connectivity index (χ4v) is 2.54. The van der Waals surface area contributed by atoms with Crippen LogP contribution in [0.2, 0.25) is 0 Å². The third kappa shape index (κ3) is 1.78. The van der Waals surface area contributed by atoms with E-state index in [9.17, 15) is 4.79 Å². The lowest BCUT2D eigenvalue weighted by Crippen LogP contribution is -2.51. The number of hydrogen-bond acceptors (Lipinski definition) is 2. The highest BCUT2D eigenvalue weighted by Gasteiger charge is 2.35. The Morgan fingerprint density at radius 2 is 1.85 bits per heavy atom. The molecule has 74 valence electrons. The van der Waals surface area contributed by atoms with Crippen LogP contribution in [-0.2, 0) is 4.79 Å². The average Bonchev–Trinajstić information content (AvgIpc) is 2.17. The van der Waals surface area contributed by atoms with Crippen molar-refractivity contribution in [2.45, 2.75) is 44.6 Å². The smallest absolute Gasteiger partial charge is 0.153 e. The summed E-state index contributed by atoms with van der Waals surface area (Å²) < 4.78 is 0. The molecule has 0 spiro atoms. The van der Waals surface area contributed by atoms with Crippen LogP contribution < -0.4 is 0 Å². The molecule has 1 aliphatic carbocycles. The molecule has 2 fully saturated rings. The standard InChI is InChI=1S/C11H19NO/c1-12-8-7-10(12)11(13)9-5-3-2-4-6-9/h9-10H,2-8H2,1H3. The van der Waals surface area contributed by atoms with E-state index in [4.69, 9.17) is 0 Å². The lowest BCUT2D eigenvalue weighted by molar-refractivity contribution is -0.132. The molecule has 1 saturated carbocycles. The quantitative estimate of drug-likeness (QED) is 0.648. The van der Waals surface area contributed by atoms with E-state index in [1.165, 1.54) is 19.3 Å². The number of hydrogen-bond donors (Lipinski definition) is 0. The summed E-state index contributed by atoms with van der Waals surface area (Å²) in [5, 5.41) is 0. The van der Waals surface area contributed by atoms with Crippen LogP contribution in [0.1, 0.15) is 38.5 Å². The van der Waals surface area contributed by atoms with Gasteiger partial charge in [0, 0.05) is 12.5 Å². The minimum Gasteiger partial charge on any atom is -0.298 e. The molecule has 2 heteroatoms. The minimum atomic E-state index is 0.281. The number of likely N-dealkylation sites (N-methyl/N-ethyl adjacent to an activating group) is 1. The molecule has 2 aliphatic rings. The van der Waals surface area contributed by atoms with Gasteiger partial charge in [-0.05, 0) is 26.3 Å². The van der Waals surface area contributed by atoms with Crippen molar-refractivity contribution in [2.75, 3.05) is 13.6 Å². The minimum absolute atomic E-state index is 0.281. The highest BCUT2D eigenvalue weighted by molar-refractivity contribution is 5.87. The van der Waals surface area contributed by atoms with Gasteiger partial charge in [0.2, 0.25) is 0 Å². The normalized spacial score (nSPS) is 31.3. The molecule has 0 bridgehead atoms. The van der Waals surface area contributed by atoms with Gasteiger partial charge in [0.15, 0.2) is 5.78 Å². The number of Topliss-reactive ketones (excluding diaryl/α,β-unsaturated/α-hetero) is 1. The molecule has 13 heavy (non-hydrogen) atoms. The first-order valence-corrected chi connectivity index (χ1v) is 5.53. The van der Waals surface area contributed by atoms with Crippen LogP contribution in [-0.4, -0.2) is 30.3 Å². The molecule has 0 aromatic carbocycles. The van der Waals surface area contributed by atoms with E-state index >= 15 is 0 Å². The fourth-order valence-electron chi connectivity index (χ4n) is 2.54. The molecule has 1 atom stereocenters. The number of likely N-dealkylation sites (tertiary alicyclic amines) is 1. The lowest BCUT2D eigenvalue weighted by atomic mass is 9.81. The second-order valence-electron chi connectivity index (χ2n) is 4.52. The predicted octanol–water partition coefficient (Wildman–Crippen LogP) is 1.84. The number of rotatable bonds is 2. The van der Waals surface area contributed by atoms with Gasteiger partial charge in [-0.25, -0.2) is 0 Å². The molecule has 0 N–H and O–H groups in total. The second kappa shape index (κ2) is 3.79. The Morgan fingerprint density at radius 3 is 2.31 bits per heavy atom.